The second-order valence-corrected chi connectivity index (χ2v) is 15.0. The van der Waals surface area contributed by atoms with Gasteiger partial charge in [-0.15, -0.1) is 0 Å². The van der Waals surface area contributed by atoms with Crippen LogP contribution in [0.4, 0.5) is 17.1 Å². The van der Waals surface area contributed by atoms with Gasteiger partial charge in [0.15, 0.2) is 12.3 Å². The summed E-state index contributed by atoms with van der Waals surface area (Å²) in [5, 5.41) is 4.43. The molecular weight excluding hydrogens is 722 g/mol. The van der Waals surface area contributed by atoms with Crippen molar-refractivity contribution in [2.75, 3.05) is 55.8 Å². The fourth-order valence-electron chi connectivity index (χ4n) is 5.80. The monoisotopic (exact) mass is 758 g/mol. The summed E-state index contributed by atoms with van der Waals surface area (Å²) < 4.78 is 28.6. The molecule has 1 amide bonds. The molecule has 52 heavy (non-hydrogen) atoms. The van der Waals surface area contributed by atoms with Gasteiger partial charge in [-0.3, -0.25) is 9.69 Å². The van der Waals surface area contributed by atoms with Crippen LogP contribution in [0.2, 0.25) is 5.02 Å². The number of nitrogens with zero attached hydrogens (tertiary/aromatic N) is 5. The number of carbonyl (C=O) groups excluding carboxylic acids is 1. The number of hydrogen-bond acceptors (Lipinski definition) is 11. The van der Waals surface area contributed by atoms with Gasteiger partial charge in [0.25, 0.3) is 20.9 Å². The molecule has 0 saturated carbocycles. The highest BCUT2D eigenvalue weighted by molar-refractivity contribution is 7.99. The lowest BCUT2D eigenvalue weighted by atomic mass is 9.99. The van der Waals surface area contributed by atoms with Crippen LogP contribution in [0.5, 0.6) is 0 Å². The summed E-state index contributed by atoms with van der Waals surface area (Å²) in [6.45, 7) is 4.57. The molecule has 5 aromatic rings. The summed E-state index contributed by atoms with van der Waals surface area (Å²) in [7, 11) is -3.15. The van der Waals surface area contributed by atoms with Crippen molar-refractivity contribution in [3.05, 3.63) is 131 Å². The zero-order chi connectivity index (χ0) is 36.5. The fourth-order valence-corrected chi connectivity index (χ4v) is 7.58. The normalized spacial score (nSPS) is 13.4. The lowest BCUT2D eigenvalue weighted by Gasteiger charge is -2.36. The number of aromatic nitrogens is 2. The Morgan fingerprint density at radius 1 is 0.923 bits per heavy atom. The number of thioether (sulfide) groups is 1. The molecule has 0 atom stereocenters. The third-order valence-electron chi connectivity index (χ3n) is 8.49. The number of sulfonamides is 1. The Kier molecular flexibility index (Phi) is 12.0. The molecule has 0 spiro atoms. The van der Waals surface area contributed by atoms with Gasteiger partial charge in [-0.1, -0.05) is 59.8 Å². The molecule has 15 heteroatoms. The van der Waals surface area contributed by atoms with Gasteiger partial charge < -0.3 is 10.2 Å². The molecule has 2 N–H and O–H groups in total. The topological polar surface area (TPSA) is 137 Å². The molecule has 6 rings (SSSR count). The van der Waals surface area contributed by atoms with Crippen LogP contribution in [-0.4, -0.2) is 79.7 Å². The number of amides is 1. The SMILES string of the molecule is CO[N+](=O)c1cc(S(=O)(=O)NC(=O)c2ccc(N3CCN(Cc4ccccc4-c4ccc(Cl)cc4)CC3)cc2)ccc1NCCSc1ncccn1. The second kappa shape index (κ2) is 17.0. The predicted molar refractivity (Wildman–Crippen MR) is 203 cm³/mol. The second-order valence-electron chi connectivity index (χ2n) is 11.8. The van der Waals surface area contributed by atoms with Crippen LogP contribution >= 0.6 is 23.4 Å². The lowest BCUT2D eigenvalue weighted by Crippen LogP contribution is -2.46. The van der Waals surface area contributed by atoms with Crippen LogP contribution in [0.1, 0.15) is 15.9 Å². The third-order valence-corrected chi connectivity index (χ3v) is 11.0. The summed E-state index contributed by atoms with van der Waals surface area (Å²) in [6, 6.07) is 28.8. The van der Waals surface area contributed by atoms with Gasteiger partial charge in [0.2, 0.25) is 0 Å². The van der Waals surface area contributed by atoms with Crippen molar-refractivity contribution in [3.63, 3.8) is 0 Å². The van der Waals surface area contributed by atoms with E-state index in [0.717, 1.165) is 50.0 Å². The van der Waals surface area contributed by atoms with E-state index in [1.165, 1.54) is 42.1 Å². The first-order valence-electron chi connectivity index (χ1n) is 16.5. The van der Waals surface area contributed by atoms with Crippen molar-refractivity contribution in [1.29, 1.82) is 0 Å². The van der Waals surface area contributed by atoms with Gasteiger partial charge in [-0.2, -0.15) is 0 Å². The van der Waals surface area contributed by atoms with Crippen LogP contribution < -0.4 is 14.9 Å². The van der Waals surface area contributed by atoms with Crippen molar-refractivity contribution in [2.45, 2.75) is 16.6 Å². The van der Waals surface area contributed by atoms with Crippen LogP contribution in [0.3, 0.4) is 0 Å². The van der Waals surface area contributed by atoms with Crippen molar-refractivity contribution in [1.82, 2.24) is 19.6 Å². The van der Waals surface area contributed by atoms with Crippen LogP contribution in [0, 0.1) is 4.91 Å². The summed E-state index contributed by atoms with van der Waals surface area (Å²) in [6.07, 6.45) is 3.30. The van der Waals surface area contributed by atoms with Crippen molar-refractivity contribution in [2.24, 2.45) is 0 Å². The number of rotatable bonds is 14. The van der Waals surface area contributed by atoms with E-state index < -0.39 is 15.9 Å². The highest BCUT2D eigenvalue weighted by atomic mass is 35.5. The van der Waals surface area contributed by atoms with Gasteiger partial charge in [-0.25, -0.2) is 27.9 Å². The Labute approximate surface area is 311 Å². The zero-order valence-electron chi connectivity index (χ0n) is 28.3. The molecule has 1 saturated heterocycles. The molecule has 4 aromatic carbocycles. The Hall–Kier alpha value is -5.02. The molecule has 2 heterocycles. The number of anilines is 2. The zero-order valence-corrected chi connectivity index (χ0v) is 30.7. The first kappa shape index (κ1) is 36.8. The highest BCUT2D eigenvalue weighted by Crippen LogP contribution is 2.29. The minimum atomic E-state index is -4.33. The number of nitrogens with one attached hydrogen (secondary N) is 2. The van der Waals surface area contributed by atoms with E-state index in [0.29, 0.717) is 28.2 Å². The van der Waals surface area contributed by atoms with E-state index in [2.05, 4.69) is 48.0 Å². The maximum Gasteiger partial charge on any atom is 0.340 e. The lowest BCUT2D eigenvalue weighted by molar-refractivity contribution is -0.736. The van der Waals surface area contributed by atoms with Crippen molar-refractivity contribution < 1.29 is 23.0 Å². The van der Waals surface area contributed by atoms with Gasteiger partial charge in [0.1, 0.15) is 5.69 Å². The fraction of sp³-hybridized carbons (Fsp3) is 0.216. The predicted octanol–water partition coefficient (Wildman–Crippen LogP) is 6.41. The van der Waals surface area contributed by atoms with Gasteiger partial charge in [0, 0.05) is 79.8 Å². The van der Waals surface area contributed by atoms with Crippen molar-refractivity contribution >= 4 is 56.4 Å². The summed E-state index contributed by atoms with van der Waals surface area (Å²) in [5.74, 6) is -0.202. The van der Waals surface area contributed by atoms with Crippen LogP contribution in [-0.2, 0) is 21.4 Å². The molecule has 1 fully saturated rings. The highest BCUT2D eigenvalue weighted by Gasteiger charge is 2.27. The number of halogens is 1. The Morgan fingerprint density at radius 3 is 2.35 bits per heavy atom. The molecule has 0 aliphatic carbocycles. The maximum atomic E-state index is 13.2. The van der Waals surface area contributed by atoms with Gasteiger partial charge in [-0.05, 0) is 71.3 Å². The van der Waals surface area contributed by atoms with E-state index >= 15 is 0 Å². The van der Waals surface area contributed by atoms with E-state index in [9.17, 15) is 18.1 Å². The van der Waals surface area contributed by atoms with Gasteiger partial charge >= 0.3 is 5.69 Å². The summed E-state index contributed by atoms with van der Waals surface area (Å²) >= 11 is 7.53. The molecule has 268 valence electrons. The Bertz CT molecular complexity index is 2120. The minimum absolute atomic E-state index is 0.0611. The van der Waals surface area contributed by atoms with Crippen LogP contribution in [0.25, 0.3) is 11.1 Å². The molecule has 1 aliphatic rings. The standard InChI is InChI=1S/C37H36ClN7O5S2/c1-50-45(47)35-25-32(15-16-34(35)39-19-24-51-37-40-17-4-18-41-37)52(48,49)42-36(46)28-9-13-31(14-10-28)44-22-20-43(21-23-44)26-29-5-2-3-6-33(29)27-7-11-30(38)12-8-27/h2-18,25H,19-24,26H2,1H3,(H-,39,42,46,47)/p+1. The smallest absolute Gasteiger partial charge is 0.340 e. The van der Waals surface area contributed by atoms with E-state index in [1.807, 2.05) is 42.5 Å². The molecule has 0 unspecified atom stereocenters. The molecule has 0 bridgehead atoms. The molecule has 1 aromatic heterocycles. The molecule has 0 radical (unpaired) electrons. The van der Waals surface area contributed by atoms with Crippen LogP contribution in [0.15, 0.2) is 120 Å². The van der Waals surface area contributed by atoms with Crippen molar-refractivity contribution in [3.8, 4) is 11.1 Å². The Balaban J connectivity index is 1.04. The largest absolute Gasteiger partial charge is 0.379 e. The average molecular weight is 759 g/mol. The first-order valence-corrected chi connectivity index (χ1v) is 19.3. The first-order chi connectivity index (χ1) is 25.2. The Morgan fingerprint density at radius 2 is 1.63 bits per heavy atom. The summed E-state index contributed by atoms with van der Waals surface area (Å²) in [5.41, 5.74) is 5.00. The quantitative estimate of drug-likeness (QED) is 0.0563. The van der Waals surface area contributed by atoms with E-state index in [4.69, 9.17) is 16.4 Å². The molecular formula is C37H37ClN7O5S2+. The summed E-state index contributed by atoms with van der Waals surface area (Å²) in [4.78, 5) is 43.3. The number of hydrogen-bond donors (Lipinski definition) is 2. The number of carbonyl (C=O) groups is 1. The minimum Gasteiger partial charge on any atom is -0.379 e. The third kappa shape index (κ3) is 9.25. The maximum absolute atomic E-state index is 13.2. The number of benzene rings is 4. The number of piperazine rings is 1. The van der Waals surface area contributed by atoms with E-state index in [-0.39, 0.29) is 21.1 Å². The molecule has 1 aliphatic heterocycles. The average Bonchev–Trinajstić information content (AvgIpc) is 3.17. The van der Waals surface area contributed by atoms with E-state index in [1.54, 1.807) is 30.6 Å². The van der Waals surface area contributed by atoms with Gasteiger partial charge in [0.05, 0.1) is 9.80 Å². The molecule has 12 nitrogen and oxygen atoms in total.